The second kappa shape index (κ2) is 6.33. The Morgan fingerprint density at radius 2 is 1.77 bits per heavy atom. The molecule has 0 spiro atoms. The third kappa shape index (κ3) is 2.96. The average molecular weight is 359 g/mol. The molecule has 0 saturated heterocycles. The first-order valence-electron chi connectivity index (χ1n) is 7.90. The Kier molecular flexibility index (Phi) is 3.99. The first kappa shape index (κ1) is 16.4. The zero-order valence-electron chi connectivity index (χ0n) is 13.4. The van der Waals surface area contributed by atoms with Crippen molar-refractivity contribution in [2.45, 2.75) is 13.1 Å². The topological polar surface area (TPSA) is 31.9 Å². The lowest BCUT2D eigenvalue weighted by atomic mass is 10.1. The van der Waals surface area contributed by atoms with E-state index in [0.29, 0.717) is 23.5 Å². The summed E-state index contributed by atoms with van der Waals surface area (Å²) in [6.45, 7) is 0.549. The molecule has 1 aliphatic rings. The molecule has 7 heteroatoms. The van der Waals surface area contributed by atoms with Crippen molar-refractivity contribution in [2.75, 3.05) is 0 Å². The van der Waals surface area contributed by atoms with Crippen LogP contribution in [-0.2, 0) is 13.1 Å². The van der Waals surface area contributed by atoms with Crippen molar-refractivity contribution >= 4 is 6.08 Å². The fraction of sp³-hybridized carbons (Fsp3) is 0.105. The molecule has 3 nitrogen and oxygen atoms in total. The maximum atomic E-state index is 13.9. The first-order chi connectivity index (χ1) is 12.5. The normalized spacial score (nSPS) is 13.2. The van der Waals surface area contributed by atoms with Crippen molar-refractivity contribution in [1.29, 1.82) is 0 Å². The van der Waals surface area contributed by atoms with Gasteiger partial charge in [-0.05, 0) is 24.3 Å². The molecule has 2 heterocycles. The summed E-state index contributed by atoms with van der Waals surface area (Å²) in [6.07, 6.45) is 3.43. The number of halogens is 4. The number of benzene rings is 2. The van der Waals surface area contributed by atoms with Crippen LogP contribution in [0, 0.1) is 23.3 Å². The first-order valence-corrected chi connectivity index (χ1v) is 7.90. The predicted molar refractivity (Wildman–Crippen MR) is 88.6 cm³/mol. The quantitative estimate of drug-likeness (QED) is 0.692. The molecule has 0 unspecified atom stereocenters. The van der Waals surface area contributed by atoms with E-state index in [1.54, 1.807) is 17.2 Å². The van der Waals surface area contributed by atoms with Gasteiger partial charge < -0.3 is 9.88 Å². The standard InChI is InChI=1S/C19H13F4N3/c20-12-5-4-11(15(23)8-12)9-26-7-6-16-17(10-26)25-19(24-16)18-13(21)2-1-3-14(18)22/h1-8H,9-10H2,(H,24,25). The fourth-order valence-electron chi connectivity index (χ4n) is 2.93. The van der Waals surface area contributed by atoms with Gasteiger partial charge in [0.05, 0.1) is 23.5 Å². The predicted octanol–water partition coefficient (Wildman–Crippen LogP) is 4.62. The third-order valence-electron chi connectivity index (χ3n) is 4.20. The lowest BCUT2D eigenvalue weighted by Crippen LogP contribution is -2.20. The molecule has 0 aliphatic carbocycles. The van der Waals surface area contributed by atoms with Gasteiger partial charge in [-0.1, -0.05) is 12.1 Å². The zero-order chi connectivity index (χ0) is 18.3. The van der Waals surface area contributed by atoms with Crippen molar-refractivity contribution in [3.05, 3.63) is 82.8 Å². The van der Waals surface area contributed by atoms with Crippen molar-refractivity contribution in [1.82, 2.24) is 14.9 Å². The summed E-state index contributed by atoms with van der Waals surface area (Å²) in [7, 11) is 0. The van der Waals surface area contributed by atoms with Crippen LogP contribution < -0.4 is 0 Å². The van der Waals surface area contributed by atoms with E-state index in [2.05, 4.69) is 9.97 Å². The Balaban J connectivity index is 1.59. The van der Waals surface area contributed by atoms with Gasteiger partial charge in [0.25, 0.3) is 0 Å². The van der Waals surface area contributed by atoms with Gasteiger partial charge in [-0.15, -0.1) is 0 Å². The Hall–Kier alpha value is -3.09. The van der Waals surface area contributed by atoms with Crippen LogP contribution in [0.15, 0.2) is 42.6 Å². The van der Waals surface area contributed by atoms with E-state index in [9.17, 15) is 17.6 Å². The van der Waals surface area contributed by atoms with E-state index >= 15 is 0 Å². The van der Waals surface area contributed by atoms with Gasteiger partial charge in [-0.3, -0.25) is 0 Å². The molecule has 3 aromatic rings. The molecular formula is C19H13F4N3. The van der Waals surface area contributed by atoms with Gasteiger partial charge in [-0.25, -0.2) is 22.5 Å². The largest absolute Gasteiger partial charge is 0.367 e. The SMILES string of the molecule is Fc1ccc(CN2C=Cc3[nH]c(-c4c(F)cccc4F)nc3C2)c(F)c1. The van der Waals surface area contributed by atoms with E-state index < -0.39 is 23.3 Å². The van der Waals surface area contributed by atoms with E-state index in [1.807, 2.05) is 0 Å². The van der Waals surface area contributed by atoms with E-state index in [0.717, 1.165) is 6.07 Å². The zero-order valence-corrected chi connectivity index (χ0v) is 13.4. The number of imidazole rings is 1. The molecule has 0 atom stereocenters. The van der Waals surface area contributed by atoms with Crippen molar-refractivity contribution in [3.63, 3.8) is 0 Å². The number of hydrogen-bond donors (Lipinski definition) is 1. The van der Waals surface area contributed by atoms with Gasteiger partial charge in [0.1, 0.15) is 29.1 Å². The number of nitrogens with one attached hydrogen (secondary N) is 1. The van der Waals surface area contributed by atoms with Gasteiger partial charge in [0.2, 0.25) is 0 Å². The van der Waals surface area contributed by atoms with E-state index in [-0.39, 0.29) is 17.9 Å². The van der Waals surface area contributed by atoms with Gasteiger partial charge in [0.15, 0.2) is 0 Å². The highest BCUT2D eigenvalue weighted by molar-refractivity contribution is 5.62. The lowest BCUT2D eigenvalue weighted by molar-refractivity contribution is 0.348. The molecule has 0 saturated carbocycles. The van der Waals surface area contributed by atoms with E-state index in [4.69, 9.17) is 0 Å². The smallest absolute Gasteiger partial charge is 0.144 e. The maximum Gasteiger partial charge on any atom is 0.144 e. The minimum atomic E-state index is -0.703. The highest BCUT2D eigenvalue weighted by Gasteiger charge is 2.20. The summed E-state index contributed by atoms with van der Waals surface area (Å²) in [6, 6.07) is 7.04. The average Bonchev–Trinajstić information content (AvgIpc) is 3.00. The molecular weight excluding hydrogens is 346 g/mol. The summed E-state index contributed by atoms with van der Waals surface area (Å²) < 4.78 is 54.7. The monoisotopic (exact) mass is 359 g/mol. The second-order valence-electron chi connectivity index (χ2n) is 6.00. The fourth-order valence-corrected chi connectivity index (χ4v) is 2.93. The molecule has 1 aliphatic heterocycles. The molecule has 4 rings (SSSR count). The number of fused-ring (bicyclic) bond motifs is 1. The molecule has 0 radical (unpaired) electrons. The number of aromatic nitrogens is 2. The van der Waals surface area contributed by atoms with Crippen LogP contribution in [0.5, 0.6) is 0 Å². The highest BCUT2D eigenvalue weighted by atomic mass is 19.1. The molecule has 0 amide bonds. The minimum Gasteiger partial charge on any atom is -0.367 e. The maximum absolute atomic E-state index is 13.9. The van der Waals surface area contributed by atoms with Gasteiger partial charge >= 0.3 is 0 Å². The van der Waals surface area contributed by atoms with E-state index in [1.165, 1.54) is 30.3 Å². The Bertz CT molecular complexity index is 990. The van der Waals surface area contributed by atoms with Crippen molar-refractivity contribution in [3.8, 4) is 11.4 Å². The Morgan fingerprint density at radius 3 is 2.50 bits per heavy atom. The Labute approximate surface area is 146 Å². The number of aromatic amines is 1. The highest BCUT2D eigenvalue weighted by Crippen LogP contribution is 2.28. The van der Waals surface area contributed by atoms with Crippen LogP contribution in [0.4, 0.5) is 17.6 Å². The van der Waals surface area contributed by atoms with Crippen molar-refractivity contribution in [2.24, 2.45) is 0 Å². The molecule has 1 N–H and O–H groups in total. The number of hydrogen-bond acceptors (Lipinski definition) is 2. The molecule has 132 valence electrons. The third-order valence-corrected chi connectivity index (χ3v) is 4.20. The molecule has 2 aromatic carbocycles. The number of nitrogens with zero attached hydrogens (tertiary/aromatic N) is 2. The van der Waals surface area contributed by atoms with Gasteiger partial charge in [-0.2, -0.15) is 0 Å². The van der Waals surface area contributed by atoms with Crippen LogP contribution >= 0.6 is 0 Å². The minimum absolute atomic E-state index is 0.102. The van der Waals surface area contributed by atoms with Crippen LogP contribution in [0.2, 0.25) is 0 Å². The molecule has 1 aromatic heterocycles. The summed E-state index contributed by atoms with van der Waals surface area (Å²) in [5, 5.41) is 0. The van der Waals surface area contributed by atoms with Crippen LogP contribution in [0.25, 0.3) is 17.5 Å². The summed E-state index contributed by atoms with van der Waals surface area (Å²) >= 11 is 0. The molecule has 26 heavy (non-hydrogen) atoms. The van der Waals surface area contributed by atoms with Crippen molar-refractivity contribution < 1.29 is 17.6 Å². The van der Waals surface area contributed by atoms with Crippen LogP contribution in [0.1, 0.15) is 17.0 Å². The molecule has 0 fully saturated rings. The number of rotatable bonds is 3. The second-order valence-corrected chi connectivity index (χ2v) is 6.00. The Morgan fingerprint density at radius 1 is 1.00 bits per heavy atom. The lowest BCUT2D eigenvalue weighted by Gasteiger charge is -2.23. The van der Waals surface area contributed by atoms with Gasteiger partial charge in [0, 0.05) is 24.4 Å². The summed E-state index contributed by atoms with van der Waals surface area (Å²) in [4.78, 5) is 8.97. The van der Waals surface area contributed by atoms with Crippen LogP contribution in [-0.4, -0.2) is 14.9 Å². The van der Waals surface area contributed by atoms with Crippen LogP contribution in [0.3, 0.4) is 0 Å². The molecule has 0 bridgehead atoms. The summed E-state index contributed by atoms with van der Waals surface area (Å²) in [5.74, 6) is -2.56. The number of H-pyrrole nitrogens is 1. The summed E-state index contributed by atoms with van der Waals surface area (Å²) in [5.41, 5.74) is 1.35.